The minimum absolute atomic E-state index is 0.0870. The lowest BCUT2D eigenvalue weighted by molar-refractivity contribution is -0.128. The van der Waals surface area contributed by atoms with Gasteiger partial charge in [0.2, 0.25) is 6.10 Å². The lowest BCUT2D eigenvalue weighted by Crippen LogP contribution is -2.37. The van der Waals surface area contributed by atoms with Crippen LogP contribution < -0.4 is 16.0 Å². The van der Waals surface area contributed by atoms with Gasteiger partial charge in [0.15, 0.2) is 0 Å². The molecule has 0 aromatic heterocycles. The molecule has 0 saturated heterocycles. The minimum atomic E-state index is -0.838. The third-order valence-electron chi connectivity index (χ3n) is 2.82. The number of ether oxygens (including phenoxy) is 1. The second-order valence-corrected chi connectivity index (χ2v) is 4.22. The molecule has 0 aliphatic rings. The number of carbonyl (C=O) groups is 1. The largest absolute Gasteiger partial charge is 0.476 e. The van der Waals surface area contributed by atoms with Crippen molar-refractivity contribution in [2.45, 2.75) is 12.7 Å². The molecule has 0 saturated carbocycles. The molecule has 1 unspecified atom stereocenters. The Bertz CT molecular complexity index is 572. The van der Waals surface area contributed by atoms with Gasteiger partial charge < -0.3 is 9.84 Å². The lowest BCUT2D eigenvalue weighted by atomic mass is 10.1. The highest BCUT2D eigenvalue weighted by atomic mass is 16.5. The van der Waals surface area contributed by atoms with Crippen LogP contribution in [0.5, 0.6) is 5.75 Å². The van der Waals surface area contributed by atoms with E-state index in [2.05, 4.69) is 5.43 Å². The topological polar surface area (TPSA) is 84.6 Å². The van der Waals surface area contributed by atoms with Crippen LogP contribution in [0.15, 0.2) is 54.6 Å². The molecule has 2 rings (SSSR count). The molecule has 5 nitrogen and oxygen atoms in total. The molecule has 1 atom stereocenters. The van der Waals surface area contributed by atoms with Gasteiger partial charge in [-0.25, -0.2) is 5.84 Å². The summed E-state index contributed by atoms with van der Waals surface area (Å²) in [6, 6.07) is 16.0. The SMILES string of the molecule is NNC(=O)C(Oc1cccc(CO)c1)c1ccccc1. The number of aliphatic hydroxyl groups is 1. The summed E-state index contributed by atoms with van der Waals surface area (Å²) in [5, 5.41) is 9.11. The first kappa shape index (κ1) is 14.0. The lowest BCUT2D eigenvalue weighted by Gasteiger charge is -2.18. The highest BCUT2D eigenvalue weighted by molar-refractivity contribution is 5.82. The van der Waals surface area contributed by atoms with E-state index in [4.69, 9.17) is 15.7 Å². The van der Waals surface area contributed by atoms with Crippen LogP contribution in [0.4, 0.5) is 0 Å². The number of nitrogens with one attached hydrogen (secondary N) is 1. The predicted molar refractivity (Wildman–Crippen MR) is 74.5 cm³/mol. The predicted octanol–water partition coefficient (Wildman–Crippen LogP) is 1.29. The monoisotopic (exact) mass is 272 g/mol. The van der Waals surface area contributed by atoms with Crippen molar-refractivity contribution in [1.82, 2.24) is 5.43 Å². The van der Waals surface area contributed by atoms with Crippen molar-refractivity contribution in [3.05, 3.63) is 65.7 Å². The van der Waals surface area contributed by atoms with Gasteiger partial charge in [-0.1, -0.05) is 42.5 Å². The van der Waals surface area contributed by atoms with Crippen molar-refractivity contribution in [3.8, 4) is 5.75 Å². The van der Waals surface area contributed by atoms with Gasteiger partial charge in [-0.05, 0) is 17.7 Å². The van der Waals surface area contributed by atoms with E-state index in [1.165, 1.54) is 0 Å². The van der Waals surface area contributed by atoms with Gasteiger partial charge in [0.1, 0.15) is 5.75 Å². The second-order valence-electron chi connectivity index (χ2n) is 4.22. The molecule has 20 heavy (non-hydrogen) atoms. The van der Waals surface area contributed by atoms with E-state index < -0.39 is 12.0 Å². The summed E-state index contributed by atoms with van der Waals surface area (Å²) < 4.78 is 5.69. The number of amides is 1. The van der Waals surface area contributed by atoms with Crippen molar-refractivity contribution < 1.29 is 14.6 Å². The number of aliphatic hydroxyl groups excluding tert-OH is 1. The van der Waals surface area contributed by atoms with Gasteiger partial charge in [-0.15, -0.1) is 0 Å². The van der Waals surface area contributed by atoms with Gasteiger partial charge in [-0.3, -0.25) is 10.2 Å². The summed E-state index contributed by atoms with van der Waals surface area (Å²) >= 11 is 0. The zero-order valence-electron chi connectivity index (χ0n) is 10.8. The molecular formula is C15H16N2O3. The average molecular weight is 272 g/mol. The number of rotatable bonds is 5. The van der Waals surface area contributed by atoms with Crippen molar-refractivity contribution in [2.75, 3.05) is 0 Å². The molecule has 1 amide bonds. The summed E-state index contributed by atoms with van der Waals surface area (Å²) in [4.78, 5) is 11.9. The van der Waals surface area contributed by atoms with Crippen LogP contribution in [-0.4, -0.2) is 11.0 Å². The van der Waals surface area contributed by atoms with E-state index in [0.717, 1.165) is 0 Å². The summed E-state index contributed by atoms with van der Waals surface area (Å²) in [5.74, 6) is 5.26. The minimum Gasteiger partial charge on any atom is -0.476 e. The first-order valence-corrected chi connectivity index (χ1v) is 6.16. The fourth-order valence-corrected chi connectivity index (χ4v) is 1.83. The molecule has 0 heterocycles. The van der Waals surface area contributed by atoms with Crippen LogP contribution in [0, 0.1) is 0 Å². The molecule has 5 heteroatoms. The number of carbonyl (C=O) groups excluding carboxylic acids is 1. The van der Waals surface area contributed by atoms with Crippen molar-refractivity contribution in [2.24, 2.45) is 5.84 Å². The van der Waals surface area contributed by atoms with Crippen LogP contribution in [-0.2, 0) is 11.4 Å². The van der Waals surface area contributed by atoms with Gasteiger partial charge >= 0.3 is 0 Å². The van der Waals surface area contributed by atoms with Gasteiger partial charge in [0, 0.05) is 5.56 Å². The Balaban J connectivity index is 2.26. The van der Waals surface area contributed by atoms with Gasteiger partial charge in [0.05, 0.1) is 6.61 Å². The number of hydrazine groups is 1. The summed E-state index contributed by atoms with van der Waals surface area (Å²) in [5.41, 5.74) is 3.51. The highest BCUT2D eigenvalue weighted by Gasteiger charge is 2.21. The van der Waals surface area contributed by atoms with E-state index >= 15 is 0 Å². The number of benzene rings is 2. The molecule has 0 aliphatic carbocycles. The molecule has 0 bridgehead atoms. The Hall–Kier alpha value is -2.37. The van der Waals surface area contributed by atoms with Gasteiger partial charge in [-0.2, -0.15) is 0 Å². The van der Waals surface area contributed by atoms with E-state index in [0.29, 0.717) is 16.9 Å². The second kappa shape index (κ2) is 6.70. The highest BCUT2D eigenvalue weighted by Crippen LogP contribution is 2.23. The van der Waals surface area contributed by atoms with Crippen LogP contribution in [0.1, 0.15) is 17.2 Å². The fraction of sp³-hybridized carbons (Fsp3) is 0.133. The molecule has 2 aromatic rings. The molecule has 2 aromatic carbocycles. The van der Waals surface area contributed by atoms with Gasteiger partial charge in [0.25, 0.3) is 5.91 Å². The van der Waals surface area contributed by atoms with Crippen molar-refractivity contribution in [3.63, 3.8) is 0 Å². The number of nitrogens with two attached hydrogens (primary N) is 1. The summed E-state index contributed by atoms with van der Waals surface area (Å²) in [6.07, 6.45) is -0.838. The Morgan fingerprint density at radius 3 is 2.60 bits per heavy atom. The normalized spacial score (nSPS) is 11.7. The van der Waals surface area contributed by atoms with Crippen LogP contribution in [0.2, 0.25) is 0 Å². The number of hydrogen-bond donors (Lipinski definition) is 3. The number of hydrogen-bond acceptors (Lipinski definition) is 4. The molecular weight excluding hydrogens is 256 g/mol. The maximum absolute atomic E-state index is 11.9. The third kappa shape index (κ3) is 3.34. The smallest absolute Gasteiger partial charge is 0.279 e. The zero-order valence-corrected chi connectivity index (χ0v) is 10.8. The molecule has 104 valence electrons. The molecule has 0 spiro atoms. The fourth-order valence-electron chi connectivity index (χ4n) is 1.83. The zero-order chi connectivity index (χ0) is 14.4. The van der Waals surface area contributed by atoms with Crippen LogP contribution >= 0.6 is 0 Å². The van der Waals surface area contributed by atoms with E-state index in [-0.39, 0.29) is 6.61 Å². The molecule has 4 N–H and O–H groups in total. The molecule has 0 aliphatic heterocycles. The maximum Gasteiger partial charge on any atom is 0.279 e. The Morgan fingerprint density at radius 2 is 1.95 bits per heavy atom. The van der Waals surface area contributed by atoms with E-state index in [9.17, 15) is 4.79 Å². The maximum atomic E-state index is 11.9. The first-order chi connectivity index (χ1) is 9.74. The third-order valence-corrected chi connectivity index (χ3v) is 2.82. The molecule has 0 radical (unpaired) electrons. The molecule has 0 fully saturated rings. The van der Waals surface area contributed by atoms with Crippen LogP contribution in [0.25, 0.3) is 0 Å². The van der Waals surface area contributed by atoms with Crippen LogP contribution in [0.3, 0.4) is 0 Å². The summed E-state index contributed by atoms with van der Waals surface area (Å²) in [6.45, 7) is -0.0870. The standard InChI is InChI=1S/C15H16N2O3/c16-17-15(19)14(12-6-2-1-3-7-12)20-13-8-4-5-11(9-13)10-18/h1-9,14,18H,10,16H2,(H,17,19). The first-order valence-electron chi connectivity index (χ1n) is 6.16. The quantitative estimate of drug-likeness (QED) is 0.435. The summed E-state index contributed by atoms with van der Waals surface area (Å²) in [7, 11) is 0. The Morgan fingerprint density at radius 1 is 1.20 bits per heavy atom. The van der Waals surface area contributed by atoms with E-state index in [1.807, 2.05) is 18.2 Å². The Labute approximate surface area is 117 Å². The Kier molecular flexibility index (Phi) is 4.70. The van der Waals surface area contributed by atoms with E-state index in [1.54, 1.807) is 36.4 Å². The van der Waals surface area contributed by atoms with Crippen molar-refractivity contribution >= 4 is 5.91 Å². The average Bonchev–Trinajstić information content (AvgIpc) is 2.53. The van der Waals surface area contributed by atoms with Crippen molar-refractivity contribution in [1.29, 1.82) is 0 Å².